The highest BCUT2D eigenvalue weighted by Crippen LogP contribution is 2.34. The molecule has 0 saturated heterocycles. The van der Waals surface area contributed by atoms with E-state index in [-0.39, 0.29) is 0 Å². The summed E-state index contributed by atoms with van der Waals surface area (Å²) < 4.78 is 0. The third-order valence-corrected chi connectivity index (χ3v) is 3.36. The van der Waals surface area contributed by atoms with E-state index in [2.05, 4.69) is 36.2 Å². The Hall–Kier alpha value is -1.96. The van der Waals surface area contributed by atoms with Gasteiger partial charge in [-0.15, -0.1) is 0 Å². The summed E-state index contributed by atoms with van der Waals surface area (Å²) in [5.74, 6) is 0.291. The molecule has 1 radical (unpaired) electrons. The van der Waals surface area contributed by atoms with Crippen LogP contribution in [-0.2, 0) is 6.42 Å². The lowest BCUT2D eigenvalue weighted by Gasteiger charge is -2.12. The first-order chi connectivity index (χ1) is 8.25. The van der Waals surface area contributed by atoms with E-state index in [1.807, 2.05) is 12.1 Å². The fourth-order valence-electron chi connectivity index (χ4n) is 2.40. The van der Waals surface area contributed by atoms with Crippen molar-refractivity contribution in [3.63, 3.8) is 0 Å². The first-order valence-corrected chi connectivity index (χ1v) is 5.79. The summed E-state index contributed by atoms with van der Waals surface area (Å²) in [5.41, 5.74) is 4.61. The molecule has 0 aromatic heterocycles. The summed E-state index contributed by atoms with van der Waals surface area (Å²) in [4.78, 5) is 2.26. The van der Waals surface area contributed by atoms with Crippen LogP contribution in [0, 0.1) is 6.07 Å². The number of hydrogen-bond donors (Lipinski definition) is 1. The van der Waals surface area contributed by atoms with Gasteiger partial charge in [-0.25, -0.2) is 0 Å². The quantitative estimate of drug-likeness (QED) is 0.805. The minimum atomic E-state index is 0.291. The van der Waals surface area contributed by atoms with Crippen LogP contribution in [0.5, 0.6) is 5.75 Å². The second-order valence-corrected chi connectivity index (χ2v) is 4.46. The molecule has 1 heterocycles. The third kappa shape index (κ3) is 1.66. The maximum absolute atomic E-state index is 9.82. The van der Waals surface area contributed by atoms with Gasteiger partial charge in [0.25, 0.3) is 0 Å². The number of rotatable bonds is 1. The molecule has 0 aliphatic carbocycles. The Kier molecular flexibility index (Phi) is 2.29. The SMILES string of the molecule is CN1CCc2cc(-c3cc[c]cc3O)ccc21. The van der Waals surface area contributed by atoms with Crippen LogP contribution < -0.4 is 4.90 Å². The van der Waals surface area contributed by atoms with Crippen molar-refractivity contribution in [2.24, 2.45) is 0 Å². The zero-order valence-electron chi connectivity index (χ0n) is 9.77. The molecule has 2 aromatic carbocycles. The molecule has 1 N–H and O–H groups in total. The van der Waals surface area contributed by atoms with Crippen LogP contribution in [0.4, 0.5) is 5.69 Å². The molecule has 1 aliphatic heterocycles. The van der Waals surface area contributed by atoms with E-state index < -0.39 is 0 Å². The number of likely N-dealkylation sites (N-methyl/N-ethyl adjacent to an activating group) is 1. The fourth-order valence-corrected chi connectivity index (χ4v) is 2.40. The number of benzene rings is 2. The second kappa shape index (κ2) is 3.81. The van der Waals surface area contributed by atoms with Crippen molar-refractivity contribution in [3.05, 3.63) is 48.0 Å². The lowest BCUT2D eigenvalue weighted by molar-refractivity contribution is 0.477. The van der Waals surface area contributed by atoms with Crippen molar-refractivity contribution >= 4 is 5.69 Å². The molecule has 2 heteroatoms. The van der Waals surface area contributed by atoms with Gasteiger partial charge in [0.05, 0.1) is 0 Å². The number of aromatic hydroxyl groups is 1. The van der Waals surface area contributed by atoms with Crippen LogP contribution in [0.3, 0.4) is 0 Å². The average Bonchev–Trinajstić information content (AvgIpc) is 2.71. The summed E-state index contributed by atoms with van der Waals surface area (Å²) in [5, 5.41) is 9.82. The van der Waals surface area contributed by atoms with E-state index in [0.717, 1.165) is 24.1 Å². The molecule has 0 spiro atoms. The number of nitrogens with zero attached hydrogens (tertiary/aromatic N) is 1. The first-order valence-electron chi connectivity index (χ1n) is 5.79. The van der Waals surface area contributed by atoms with Crippen LogP contribution in [0.25, 0.3) is 11.1 Å². The van der Waals surface area contributed by atoms with Crippen molar-refractivity contribution in [1.82, 2.24) is 0 Å². The maximum Gasteiger partial charge on any atom is 0.124 e. The van der Waals surface area contributed by atoms with Crippen LogP contribution >= 0.6 is 0 Å². The highest BCUT2D eigenvalue weighted by molar-refractivity contribution is 5.74. The predicted octanol–water partition coefficient (Wildman–Crippen LogP) is 2.85. The Morgan fingerprint density at radius 1 is 1.29 bits per heavy atom. The Morgan fingerprint density at radius 2 is 2.18 bits per heavy atom. The highest BCUT2D eigenvalue weighted by Gasteiger charge is 2.16. The van der Waals surface area contributed by atoms with Crippen LogP contribution in [0.1, 0.15) is 5.56 Å². The molecule has 3 rings (SSSR count). The molecule has 0 amide bonds. The monoisotopic (exact) mass is 224 g/mol. The molecule has 0 bridgehead atoms. The van der Waals surface area contributed by atoms with Gasteiger partial charge in [-0.1, -0.05) is 18.2 Å². The number of phenolic OH excluding ortho intramolecular Hbond substituents is 1. The van der Waals surface area contributed by atoms with Gasteiger partial charge in [-0.05, 0) is 41.8 Å². The Bertz CT molecular complexity index is 563. The maximum atomic E-state index is 9.82. The third-order valence-electron chi connectivity index (χ3n) is 3.36. The van der Waals surface area contributed by atoms with Crippen LogP contribution in [-0.4, -0.2) is 18.7 Å². The largest absolute Gasteiger partial charge is 0.507 e. The molecule has 2 aromatic rings. The lowest BCUT2D eigenvalue weighted by atomic mass is 10.0. The van der Waals surface area contributed by atoms with Crippen molar-refractivity contribution in [2.45, 2.75) is 6.42 Å². The van der Waals surface area contributed by atoms with Crippen molar-refractivity contribution in [3.8, 4) is 16.9 Å². The minimum absolute atomic E-state index is 0.291. The molecular formula is C15H14NO. The molecule has 0 atom stereocenters. The zero-order chi connectivity index (χ0) is 11.8. The van der Waals surface area contributed by atoms with E-state index in [0.29, 0.717) is 5.75 Å². The molecule has 0 unspecified atom stereocenters. The molecular weight excluding hydrogens is 210 g/mol. The van der Waals surface area contributed by atoms with Gasteiger partial charge in [0.2, 0.25) is 0 Å². The summed E-state index contributed by atoms with van der Waals surface area (Å²) in [6.45, 7) is 1.08. The fraction of sp³-hybridized carbons (Fsp3) is 0.200. The number of anilines is 1. The van der Waals surface area contributed by atoms with E-state index in [1.165, 1.54) is 11.3 Å². The van der Waals surface area contributed by atoms with E-state index in [1.54, 1.807) is 6.07 Å². The van der Waals surface area contributed by atoms with Gasteiger partial charge >= 0.3 is 0 Å². The number of phenols is 1. The molecule has 0 saturated carbocycles. The standard InChI is InChI=1S/C15H14NO/c1-16-9-8-12-10-11(6-7-14(12)16)13-4-2-3-5-15(13)17/h2,4-7,10,17H,8-9H2,1H3. The number of hydrogen-bond acceptors (Lipinski definition) is 2. The Balaban J connectivity index is 2.09. The zero-order valence-corrected chi connectivity index (χ0v) is 9.77. The molecule has 1 aliphatic rings. The van der Waals surface area contributed by atoms with E-state index in [9.17, 15) is 5.11 Å². The Labute approximate surface area is 101 Å². The Morgan fingerprint density at radius 3 is 3.00 bits per heavy atom. The van der Waals surface area contributed by atoms with Gasteiger partial charge in [0.1, 0.15) is 5.75 Å². The second-order valence-electron chi connectivity index (χ2n) is 4.46. The van der Waals surface area contributed by atoms with E-state index >= 15 is 0 Å². The summed E-state index contributed by atoms with van der Waals surface area (Å²) in [6.07, 6.45) is 1.08. The number of fused-ring (bicyclic) bond motifs is 1. The predicted molar refractivity (Wildman–Crippen MR) is 69.4 cm³/mol. The lowest BCUT2D eigenvalue weighted by Crippen LogP contribution is -2.12. The topological polar surface area (TPSA) is 23.5 Å². The highest BCUT2D eigenvalue weighted by atomic mass is 16.3. The average molecular weight is 224 g/mol. The van der Waals surface area contributed by atoms with Gasteiger partial charge in [-0.2, -0.15) is 0 Å². The first kappa shape index (κ1) is 10.2. The van der Waals surface area contributed by atoms with Crippen LogP contribution in [0.15, 0.2) is 36.4 Å². The smallest absolute Gasteiger partial charge is 0.124 e. The van der Waals surface area contributed by atoms with Gasteiger partial charge in [0, 0.05) is 24.8 Å². The normalized spacial score (nSPS) is 13.8. The van der Waals surface area contributed by atoms with Crippen LogP contribution in [0.2, 0.25) is 0 Å². The summed E-state index contributed by atoms with van der Waals surface area (Å²) >= 11 is 0. The molecule has 2 nitrogen and oxygen atoms in total. The van der Waals surface area contributed by atoms with Crippen molar-refractivity contribution in [2.75, 3.05) is 18.5 Å². The van der Waals surface area contributed by atoms with Gasteiger partial charge in [0.15, 0.2) is 0 Å². The molecule has 17 heavy (non-hydrogen) atoms. The van der Waals surface area contributed by atoms with Crippen molar-refractivity contribution in [1.29, 1.82) is 0 Å². The van der Waals surface area contributed by atoms with E-state index in [4.69, 9.17) is 0 Å². The van der Waals surface area contributed by atoms with Crippen molar-refractivity contribution < 1.29 is 5.11 Å². The minimum Gasteiger partial charge on any atom is -0.507 e. The molecule has 85 valence electrons. The summed E-state index contributed by atoms with van der Waals surface area (Å²) in [6, 6.07) is 14.6. The van der Waals surface area contributed by atoms with Gasteiger partial charge < -0.3 is 10.0 Å². The summed E-state index contributed by atoms with van der Waals surface area (Å²) in [7, 11) is 2.11. The molecule has 0 fully saturated rings. The van der Waals surface area contributed by atoms with Gasteiger partial charge in [-0.3, -0.25) is 0 Å².